The van der Waals surface area contributed by atoms with Gasteiger partial charge in [-0.05, 0) is 13.5 Å². The van der Waals surface area contributed by atoms with Crippen LogP contribution in [0.25, 0.3) is 0 Å². The largest absolute Gasteiger partial charge is 0.476 e. The molecule has 1 rings (SSSR count). The van der Waals surface area contributed by atoms with E-state index < -0.39 is 5.97 Å². The molecular formula is C11H17N3O3S. The molecule has 100 valence electrons. The van der Waals surface area contributed by atoms with Crippen molar-refractivity contribution in [1.82, 2.24) is 15.2 Å². The number of thiazole rings is 1. The first-order chi connectivity index (χ1) is 8.52. The predicted molar refractivity (Wildman–Crippen MR) is 68.7 cm³/mol. The van der Waals surface area contributed by atoms with Crippen LogP contribution in [-0.4, -0.2) is 47.0 Å². The van der Waals surface area contributed by atoms with E-state index in [0.29, 0.717) is 18.8 Å². The van der Waals surface area contributed by atoms with Crippen LogP contribution in [0.2, 0.25) is 0 Å². The molecule has 18 heavy (non-hydrogen) atoms. The molecule has 2 N–H and O–H groups in total. The number of aromatic nitrogens is 1. The Hall–Kier alpha value is -1.47. The van der Waals surface area contributed by atoms with E-state index in [2.05, 4.69) is 10.3 Å². The number of carbonyl (C=O) groups excluding carboxylic acids is 1. The molecule has 0 saturated carbocycles. The van der Waals surface area contributed by atoms with Crippen LogP contribution >= 0.6 is 11.3 Å². The lowest BCUT2D eigenvalue weighted by Crippen LogP contribution is -2.35. The highest BCUT2D eigenvalue weighted by molar-refractivity contribution is 7.11. The van der Waals surface area contributed by atoms with Gasteiger partial charge in [0.1, 0.15) is 0 Å². The minimum Gasteiger partial charge on any atom is -0.476 e. The summed E-state index contributed by atoms with van der Waals surface area (Å²) >= 11 is 1.09. The summed E-state index contributed by atoms with van der Waals surface area (Å²) in [7, 11) is 1.80. The Morgan fingerprint density at radius 2 is 2.28 bits per heavy atom. The minimum absolute atomic E-state index is 0.0342. The van der Waals surface area contributed by atoms with Crippen LogP contribution in [0.3, 0.4) is 0 Å². The number of aromatic carboxylic acids is 1. The summed E-state index contributed by atoms with van der Waals surface area (Å²) in [5.41, 5.74) is 0.670. The molecule has 1 aromatic rings. The van der Waals surface area contributed by atoms with E-state index >= 15 is 0 Å². The van der Waals surface area contributed by atoms with Crippen molar-refractivity contribution in [3.8, 4) is 0 Å². The number of hydrogen-bond donors (Lipinski definition) is 2. The smallest absolute Gasteiger partial charge is 0.365 e. The SMILES string of the molecule is CCCNC(=O)CN(C)Cc1csc(C(=O)O)n1. The molecule has 0 spiro atoms. The van der Waals surface area contributed by atoms with Crippen molar-refractivity contribution in [3.63, 3.8) is 0 Å². The Morgan fingerprint density at radius 1 is 1.56 bits per heavy atom. The standard InChI is InChI=1S/C11H17N3O3S/c1-3-4-12-9(15)6-14(2)5-8-7-18-10(13-8)11(16)17/h7H,3-6H2,1-2H3,(H,12,15)(H,16,17). The molecule has 0 aliphatic carbocycles. The maximum absolute atomic E-state index is 11.5. The molecule has 1 heterocycles. The summed E-state index contributed by atoms with van der Waals surface area (Å²) in [6, 6.07) is 0. The van der Waals surface area contributed by atoms with Crippen molar-refractivity contribution < 1.29 is 14.7 Å². The van der Waals surface area contributed by atoms with Crippen LogP contribution < -0.4 is 5.32 Å². The Balaban J connectivity index is 2.41. The van der Waals surface area contributed by atoms with E-state index in [1.165, 1.54) is 0 Å². The fourth-order valence-electron chi connectivity index (χ4n) is 1.38. The van der Waals surface area contributed by atoms with Crippen molar-refractivity contribution in [3.05, 3.63) is 16.1 Å². The zero-order chi connectivity index (χ0) is 13.5. The maximum Gasteiger partial charge on any atom is 0.365 e. The molecule has 0 aliphatic heterocycles. The van der Waals surface area contributed by atoms with Gasteiger partial charge < -0.3 is 10.4 Å². The van der Waals surface area contributed by atoms with Crippen LogP contribution in [-0.2, 0) is 11.3 Å². The van der Waals surface area contributed by atoms with Gasteiger partial charge >= 0.3 is 5.97 Å². The topological polar surface area (TPSA) is 82.5 Å². The van der Waals surface area contributed by atoms with Crippen LogP contribution in [0.5, 0.6) is 0 Å². The highest BCUT2D eigenvalue weighted by atomic mass is 32.1. The molecule has 1 amide bonds. The van der Waals surface area contributed by atoms with Gasteiger partial charge in [0.2, 0.25) is 10.9 Å². The third-order valence-corrected chi connectivity index (χ3v) is 3.03. The van der Waals surface area contributed by atoms with Gasteiger partial charge in [0, 0.05) is 18.5 Å². The van der Waals surface area contributed by atoms with Gasteiger partial charge in [-0.15, -0.1) is 11.3 Å². The normalized spacial score (nSPS) is 10.6. The van der Waals surface area contributed by atoms with E-state index in [1.54, 1.807) is 17.3 Å². The number of carboxylic acid groups (broad SMARTS) is 1. The summed E-state index contributed by atoms with van der Waals surface area (Å²) in [4.78, 5) is 27.9. The maximum atomic E-state index is 11.5. The predicted octanol–water partition coefficient (Wildman–Crippen LogP) is 0.799. The molecular weight excluding hydrogens is 254 g/mol. The summed E-state index contributed by atoms with van der Waals surface area (Å²) in [6.07, 6.45) is 0.906. The first-order valence-corrected chi connectivity index (χ1v) is 6.53. The number of hydrogen-bond acceptors (Lipinski definition) is 5. The van der Waals surface area contributed by atoms with Crippen molar-refractivity contribution in [2.75, 3.05) is 20.1 Å². The van der Waals surface area contributed by atoms with Crippen molar-refractivity contribution in [2.24, 2.45) is 0 Å². The van der Waals surface area contributed by atoms with Gasteiger partial charge in [0.05, 0.1) is 12.2 Å². The molecule has 1 aromatic heterocycles. The summed E-state index contributed by atoms with van der Waals surface area (Å²) in [5.74, 6) is -1.05. The molecule has 0 saturated heterocycles. The van der Waals surface area contributed by atoms with E-state index in [1.807, 2.05) is 6.92 Å². The average molecular weight is 271 g/mol. The Morgan fingerprint density at radius 3 is 2.83 bits per heavy atom. The molecule has 7 heteroatoms. The van der Waals surface area contributed by atoms with Gasteiger partial charge in [0.25, 0.3) is 0 Å². The number of rotatable bonds is 7. The van der Waals surface area contributed by atoms with Gasteiger partial charge in [-0.1, -0.05) is 6.92 Å². The van der Waals surface area contributed by atoms with Gasteiger partial charge in [0.15, 0.2) is 0 Å². The van der Waals surface area contributed by atoms with Gasteiger partial charge in [-0.25, -0.2) is 9.78 Å². The lowest BCUT2D eigenvalue weighted by atomic mass is 10.4. The zero-order valence-corrected chi connectivity index (χ0v) is 11.3. The third kappa shape index (κ3) is 4.80. The average Bonchev–Trinajstić information content (AvgIpc) is 2.74. The van der Waals surface area contributed by atoms with Crippen LogP contribution in [0.1, 0.15) is 28.8 Å². The van der Waals surface area contributed by atoms with Crippen molar-refractivity contribution >= 4 is 23.2 Å². The molecule has 0 unspecified atom stereocenters. The van der Waals surface area contributed by atoms with E-state index in [0.717, 1.165) is 17.8 Å². The fourth-order valence-corrected chi connectivity index (χ4v) is 2.02. The fraction of sp³-hybridized carbons (Fsp3) is 0.545. The second-order valence-electron chi connectivity index (χ2n) is 3.97. The molecule has 0 aromatic carbocycles. The number of nitrogens with zero attached hydrogens (tertiary/aromatic N) is 2. The number of carbonyl (C=O) groups is 2. The Labute approximate surface area is 110 Å². The highest BCUT2D eigenvalue weighted by Gasteiger charge is 2.11. The van der Waals surface area contributed by atoms with E-state index in [9.17, 15) is 9.59 Å². The third-order valence-electron chi connectivity index (χ3n) is 2.15. The second kappa shape index (κ2) is 7.07. The van der Waals surface area contributed by atoms with Crippen LogP contribution in [0, 0.1) is 0 Å². The monoisotopic (exact) mass is 271 g/mol. The zero-order valence-electron chi connectivity index (χ0n) is 10.5. The Kier molecular flexibility index (Phi) is 5.73. The first-order valence-electron chi connectivity index (χ1n) is 5.66. The van der Waals surface area contributed by atoms with Crippen LogP contribution in [0.15, 0.2) is 5.38 Å². The lowest BCUT2D eigenvalue weighted by molar-refractivity contribution is -0.122. The number of nitrogens with one attached hydrogen (secondary N) is 1. The van der Waals surface area contributed by atoms with Crippen molar-refractivity contribution in [1.29, 1.82) is 0 Å². The Bertz CT molecular complexity index is 419. The van der Waals surface area contributed by atoms with E-state index in [4.69, 9.17) is 5.11 Å². The molecule has 0 fully saturated rings. The van der Waals surface area contributed by atoms with Crippen LogP contribution in [0.4, 0.5) is 0 Å². The van der Waals surface area contributed by atoms with Gasteiger partial charge in [-0.2, -0.15) is 0 Å². The minimum atomic E-state index is -1.02. The summed E-state index contributed by atoms with van der Waals surface area (Å²) < 4.78 is 0. The number of carboxylic acids is 1. The summed E-state index contributed by atoms with van der Waals surface area (Å²) in [6.45, 7) is 3.41. The molecule has 0 radical (unpaired) electrons. The molecule has 6 nitrogen and oxygen atoms in total. The lowest BCUT2D eigenvalue weighted by Gasteiger charge is -2.14. The molecule has 0 aliphatic rings. The van der Waals surface area contributed by atoms with E-state index in [-0.39, 0.29) is 17.5 Å². The molecule has 0 bridgehead atoms. The summed E-state index contributed by atoms with van der Waals surface area (Å²) in [5, 5.41) is 13.3. The van der Waals surface area contributed by atoms with Crippen molar-refractivity contribution in [2.45, 2.75) is 19.9 Å². The highest BCUT2D eigenvalue weighted by Crippen LogP contribution is 2.10. The number of likely N-dealkylation sites (N-methyl/N-ethyl adjacent to an activating group) is 1. The second-order valence-corrected chi connectivity index (χ2v) is 4.83. The first kappa shape index (κ1) is 14.6. The number of amides is 1. The van der Waals surface area contributed by atoms with Gasteiger partial charge in [-0.3, -0.25) is 9.69 Å². The molecule has 0 atom stereocenters. The quantitative estimate of drug-likeness (QED) is 0.766.